The maximum atomic E-state index is 12.6. The quantitative estimate of drug-likeness (QED) is 0.927. The number of carbonyl (C=O) groups excluding carboxylic acids is 1. The van der Waals surface area contributed by atoms with Crippen LogP contribution in [0.15, 0.2) is 0 Å². The van der Waals surface area contributed by atoms with E-state index in [0.717, 1.165) is 27.9 Å². The summed E-state index contributed by atoms with van der Waals surface area (Å²) in [5.41, 5.74) is 0.820. The fourth-order valence-corrected chi connectivity index (χ4v) is 3.93. The predicted octanol–water partition coefficient (Wildman–Crippen LogP) is 2.34. The molecule has 0 bridgehead atoms. The first-order valence-corrected chi connectivity index (χ1v) is 8.34. The number of carboxylic acid groups (broad SMARTS) is 1. The number of piperidine rings is 1. The number of rotatable bonds is 4. The molecule has 114 valence electrons. The summed E-state index contributed by atoms with van der Waals surface area (Å²) in [5, 5.41) is 10.1. The smallest absolute Gasteiger partial charge is 0.306 e. The number of nitrogens with zero attached hydrogens (tertiary/aromatic N) is 2. The van der Waals surface area contributed by atoms with Crippen molar-refractivity contribution >= 4 is 23.2 Å². The van der Waals surface area contributed by atoms with Crippen LogP contribution in [0.2, 0.25) is 0 Å². The molecule has 0 spiro atoms. The number of aliphatic carboxylic acids is 1. The molecule has 1 aliphatic heterocycles. The van der Waals surface area contributed by atoms with Gasteiger partial charge in [0, 0.05) is 19.5 Å². The molecule has 1 amide bonds. The third kappa shape index (κ3) is 3.26. The van der Waals surface area contributed by atoms with Gasteiger partial charge in [-0.2, -0.15) is 0 Å². The SMILES string of the molecule is Cc1nc(CC2CC2)sc1C(=O)N1CCC(C(=O)O)CC1. The highest BCUT2D eigenvalue weighted by molar-refractivity contribution is 7.13. The molecule has 1 aliphatic carbocycles. The normalized spacial score (nSPS) is 19.8. The van der Waals surface area contributed by atoms with Crippen molar-refractivity contribution in [3.63, 3.8) is 0 Å². The summed E-state index contributed by atoms with van der Waals surface area (Å²) in [6, 6.07) is 0. The summed E-state index contributed by atoms with van der Waals surface area (Å²) in [6.45, 7) is 2.96. The average molecular weight is 308 g/mol. The van der Waals surface area contributed by atoms with Crippen molar-refractivity contribution in [1.29, 1.82) is 0 Å². The van der Waals surface area contributed by atoms with Gasteiger partial charge >= 0.3 is 5.97 Å². The number of thiazole rings is 1. The van der Waals surface area contributed by atoms with Crippen molar-refractivity contribution in [3.05, 3.63) is 15.6 Å². The highest BCUT2D eigenvalue weighted by Gasteiger charge is 2.30. The van der Waals surface area contributed by atoms with E-state index in [1.165, 1.54) is 24.2 Å². The monoisotopic (exact) mass is 308 g/mol. The summed E-state index contributed by atoms with van der Waals surface area (Å²) >= 11 is 1.52. The Morgan fingerprint density at radius 2 is 1.95 bits per heavy atom. The molecule has 6 heteroatoms. The van der Waals surface area contributed by atoms with Gasteiger partial charge in [0.25, 0.3) is 5.91 Å². The van der Waals surface area contributed by atoms with Crippen molar-refractivity contribution in [3.8, 4) is 0 Å². The minimum absolute atomic E-state index is 0.0240. The zero-order valence-corrected chi connectivity index (χ0v) is 13.0. The third-order valence-electron chi connectivity index (χ3n) is 4.33. The lowest BCUT2D eigenvalue weighted by Crippen LogP contribution is -2.40. The van der Waals surface area contributed by atoms with Gasteiger partial charge in [-0.1, -0.05) is 0 Å². The Labute approximate surface area is 128 Å². The Hall–Kier alpha value is -1.43. The summed E-state index contributed by atoms with van der Waals surface area (Å²) in [6.07, 6.45) is 4.66. The Morgan fingerprint density at radius 3 is 2.52 bits per heavy atom. The van der Waals surface area contributed by atoms with Crippen LogP contribution in [0.3, 0.4) is 0 Å². The molecule has 1 aromatic heterocycles. The van der Waals surface area contributed by atoms with Gasteiger partial charge in [0.05, 0.1) is 16.6 Å². The summed E-state index contributed by atoms with van der Waals surface area (Å²) in [5.74, 6) is -0.259. The molecule has 21 heavy (non-hydrogen) atoms. The molecule has 5 nitrogen and oxygen atoms in total. The van der Waals surface area contributed by atoms with Gasteiger partial charge in [-0.15, -0.1) is 11.3 Å². The summed E-state index contributed by atoms with van der Waals surface area (Å²) in [7, 11) is 0. The van der Waals surface area contributed by atoms with Crippen molar-refractivity contribution < 1.29 is 14.7 Å². The van der Waals surface area contributed by atoms with E-state index < -0.39 is 5.97 Å². The van der Waals surface area contributed by atoms with Crippen LogP contribution in [0.25, 0.3) is 0 Å². The zero-order valence-electron chi connectivity index (χ0n) is 12.2. The predicted molar refractivity (Wildman–Crippen MR) is 79.5 cm³/mol. The van der Waals surface area contributed by atoms with E-state index in [2.05, 4.69) is 4.98 Å². The second-order valence-corrected chi connectivity index (χ2v) is 7.16. The number of aromatic nitrogens is 1. The number of carboxylic acids is 1. The molecular weight excluding hydrogens is 288 g/mol. The van der Waals surface area contributed by atoms with Gasteiger partial charge < -0.3 is 10.0 Å². The lowest BCUT2D eigenvalue weighted by molar-refractivity contribution is -0.143. The van der Waals surface area contributed by atoms with Gasteiger partial charge in [0.2, 0.25) is 0 Å². The minimum atomic E-state index is -0.747. The largest absolute Gasteiger partial charge is 0.481 e. The van der Waals surface area contributed by atoms with Crippen molar-refractivity contribution in [2.24, 2.45) is 11.8 Å². The molecular formula is C15H20N2O3S. The number of aryl methyl sites for hydroxylation is 1. The summed E-state index contributed by atoms with van der Waals surface area (Å²) in [4.78, 5) is 30.6. The molecule has 1 saturated heterocycles. The van der Waals surface area contributed by atoms with Gasteiger partial charge in [-0.05, 0) is 38.5 Å². The van der Waals surface area contributed by atoms with Crippen LogP contribution in [0.4, 0.5) is 0 Å². The fourth-order valence-electron chi connectivity index (χ4n) is 2.78. The van der Waals surface area contributed by atoms with Crippen LogP contribution in [0, 0.1) is 18.8 Å². The Kier molecular flexibility index (Phi) is 3.97. The third-order valence-corrected chi connectivity index (χ3v) is 5.49. The van der Waals surface area contributed by atoms with Crippen molar-refractivity contribution in [2.45, 2.75) is 39.0 Å². The van der Waals surface area contributed by atoms with E-state index >= 15 is 0 Å². The van der Waals surface area contributed by atoms with Crippen LogP contribution < -0.4 is 0 Å². The molecule has 1 saturated carbocycles. The van der Waals surface area contributed by atoms with Crippen molar-refractivity contribution in [1.82, 2.24) is 9.88 Å². The van der Waals surface area contributed by atoms with E-state index in [4.69, 9.17) is 5.11 Å². The maximum absolute atomic E-state index is 12.6. The minimum Gasteiger partial charge on any atom is -0.481 e. The molecule has 0 aromatic carbocycles. The average Bonchev–Trinajstić information content (AvgIpc) is 3.20. The molecule has 2 aliphatic rings. The molecule has 0 atom stereocenters. The van der Waals surface area contributed by atoms with E-state index in [1.807, 2.05) is 6.92 Å². The number of carbonyl (C=O) groups is 2. The van der Waals surface area contributed by atoms with Crippen LogP contribution in [0.5, 0.6) is 0 Å². The number of hydrogen-bond acceptors (Lipinski definition) is 4. The standard InChI is InChI=1S/C15H20N2O3S/c1-9-13(21-12(16-9)8-10-2-3-10)14(18)17-6-4-11(5-7-17)15(19)20/h10-11H,2-8H2,1H3,(H,19,20). The Morgan fingerprint density at radius 1 is 1.29 bits per heavy atom. The van der Waals surface area contributed by atoms with Crippen LogP contribution >= 0.6 is 11.3 Å². The first-order valence-electron chi connectivity index (χ1n) is 7.53. The van der Waals surface area contributed by atoms with Gasteiger partial charge in [-0.3, -0.25) is 9.59 Å². The lowest BCUT2D eigenvalue weighted by Gasteiger charge is -2.29. The van der Waals surface area contributed by atoms with E-state index in [1.54, 1.807) is 4.90 Å². The van der Waals surface area contributed by atoms with Gasteiger partial charge in [0.15, 0.2) is 0 Å². The van der Waals surface area contributed by atoms with E-state index in [-0.39, 0.29) is 11.8 Å². The van der Waals surface area contributed by atoms with Gasteiger partial charge in [-0.25, -0.2) is 4.98 Å². The highest BCUT2D eigenvalue weighted by atomic mass is 32.1. The van der Waals surface area contributed by atoms with E-state index in [9.17, 15) is 9.59 Å². The van der Waals surface area contributed by atoms with Crippen LogP contribution in [-0.2, 0) is 11.2 Å². The highest BCUT2D eigenvalue weighted by Crippen LogP contribution is 2.34. The number of likely N-dealkylation sites (tertiary alicyclic amines) is 1. The molecule has 2 fully saturated rings. The Balaban J connectivity index is 1.65. The lowest BCUT2D eigenvalue weighted by atomic mass is 9.97. The molecule has 1 aromatic rings. The zero-order chi connectivity index (χ0) is 15.0. The molecule has 0 unspecified atom stereocenters. The summed E-state index contributed by atoms with van der Waals surface area (Å²) < 4.78 is 0. The van der Waals surface area contributed by atoms with E-state index in [0.29, 0.717) is 25.9 Å². The number of hydrogen-bond donors (Lipinski definition) is 1. The first-order chi connectivity index (χ1) is 10.0. The van der Waals surface area contributed by atoms with Gasteiger partial charge in [0.1, 0.15) is 4.88 Å². The number of amides is 1. The molecule has 2 heterocycles. The van der Waals surface area contributed by atoms with Crippen molar-refractivity contribution in [2.75, 3.05) is 13.1 Å². The second-order valence-electron chi connectivity index (χ2n) is 6.07. The fraction of sp³-hybridized carbons (Fsp3) is 0.667. The molecule has 1 N–H and O–H groups in total. The topological polar surface area (TPSA) is 70.5 Å². The molecule has 0 radical (unpaired) electrons. The Bertz CT molecular complexity index is 557. The second kappa shape index (κ2) is 5.75. The van der Waals surface area contributed by atoms with Crippen LogP contribution in [0.1, 0.15) is 46.1 Å². The maximum Gasteiger partial charge on any atom is 0.306 e. The van der Waals surface area contributed by atoms with Crippen LogP contribution in [-0.4, -0.2) is 40.0 Å². The molecule has 3 rings (SSSR count). The first kappa shape index (κ1) is 14.5.